The summed E-state index contributed by atoms with van der Waals surface area (Å²) in [5.74, 6) is 0.0205. The topological polar surface area (TPSA) is 35.8 Å². The smallest absolute Gasteiger partial charge is 0.143 e. The summed E-state index contributed by atoms with van der Waals surface area (Å²) in [5.41, 5.74) is 0.544. The lowest BCUT2D eigenvalue weighted by molar-refractivity contribution is 0.109. The van der Waals surface area contributed by atoms with E-state index < -0.39 is 0 Å². The molecule has 2 atom stereocenters. The van der Waals surface area contributed by atoms with Crippen molar-refractivity contribution in [3.63, 3.8) is 0 Å². The highest BCUT2D eigenvalue weighted by atomic mass is 35.5. The lowest BCUT2D eigenvalue weighted by atomic mass is 10.00. The zero-order valence-electron chi connectivity index (χ0n) is 11.1. The van der Waals surface area contributed by atoms with Crippen molar-refractivity contribution in [2.24, 2.45) is 5.10 Å². The number of aromatic hydroxyl groups is 1. The molecule has 1 N–H and O–H groups in total. The second kappa shape index (κ2) is 6.02. The van der Waals surface area contributed by atoms with Crippen molar-refractivity contribution in [2.75, 3.05) is 0 Å². The molecule has 0 spiro atoms. The summed E-state index contributed by atoms with van der Waals surface area (Å²) in [6, 6.07) is 4.00. The average Bonchev–Trinajstić information content (AvgIpc) is 2.34. The van der Waals surface area contributed by atoms with E-state index in [1.165, 1.54) is 12.5 Å². The van der Waals surface area contributed by atoms with Crippen LogP contribution >= 0.6 is 23.2 Å². The van der Waals surface area contributed by atoms with Gasteiger partial charge in [0.15, 0.2) is 0 Å². The first-order valence-corrected chi connectivity index (χ1v) is 7.25. The maximum Gasteiger partial charge on any atom is 0.143 e. The van der Waals surface area contributed by atoms with Gasteiger partial charge in [-0.25, -0.2) is 0 Å². The molecule has 2 rings (SSSR count). The van der Waals surface area contributed by atoms with E-state index >= 15 is 0 Å². The van der Waals surface area contributed by atoms with Gasteiger partial charge < -0.3 is 5.11 Å². The van der Waals surface area contributed by atoms with Crippen LogP contribution in [0.15, 0.2) is 17.2 Å². The zero-order valence-corrected chi connectivity index (χ0v) is 12.6. The van der Waals surface area contributed by atoms with Crippen LogP contribution in [0.25, 0.3) is 0 Å². The largest absolute Gasteiger partial charge is 0.506 e. The first-order valence-electron chi connectivity index (χ1n) is 6.49. The zero-order chi connectivity index (χ0) is 14.0. The summed E-state index contributed by atoms with van der Waals surface area (Å²) >= 11 is 11.8. The van der Waals surface area contributed by atoms with Crippen molar-refractivity contribution in [3.05, 3.63) is 27.7 Å². The fraction of sp³-hybridized carbons (Fsp3) is 0.500. The van der Waals surface area contributed by atoms with Crippen molar-refractivity contribution in [2.45, 2.75) is 45.2 Å². The Hall–Kier alpha value is -0.930. The fourth-order valence-electron chi connectivity index (χ4n) is 2.45. The molecule has 19 heavy (non-hydrogen) atoms. The number of hydrogen-bond donors (Lipinski definition) is 1. The van der Waals surface area contributed by atoms with Crippen molar-refractivity contribution in [3.8, 4) is 5.75 Å². The number of halogens is 2. The van der Waals surface area contributed by atoms with E-state index in [1.807, 2.05) is 0 Å². The number of benzene rings is 1. The fourth-order valence-corrected chi connectivity index (χ4v) is 2.96. The molecule has 0 amide bonds. The van der Waals surface area contributed by atoms with Crippen molar-refractivity contribution in [1.29, 1.82) is 0 Å². The minimum Gasteiger partial charge on any atom is -0.506 e. The predicted octanol–water partition coefficient (Wildman–Crippen LogP) is 4.30. The molecule has 104 valence electrons. The quantitative estimate of drug-likeness (QED) is 0.827. The number of phenolic OH excluding ortho intramolecular Hbond substituents is 1. The van der Waals surface area contributed by atoms with Crippen molar-refractivity contribution < 1.29 is 5.11 Å². The number of piperidine rings is 1. The highest BCUT2D eigenvalue weighted by molar-refractivity contribution is 6.36. The minimum absolute atomic E-state index is 0.0205. The standard InChI is InChI=1S/C14H18Cl2N2O/c1-9-4-3-5-10(2)18(9)17-8-11-6-12(15)7-13(16)14(11)19/h6-10,19H,3-5H2,1-2H3/b17-8+/t9-,10-/m0/s1. The number of phenols is 1. The number of hydrazone groups is 1. The summed E-state index contributed by atoms with van der Waals surface area (Å²) in [6.07, 6.45) is 5.15. The molecular formula is C14H18Cl2N2O. The number of nitrogens with zero attached hydrogens (tertiary/aromatic N) is 2. The van der Waals surface area contributed by atoms with Crippen molar-refractivity contribution in [1.82, 2.24) is 5.01 Å². The lowest BCUT2D eigenvalue weighted by Gasteiger charge is -2.36. The van der Waals surface area contributed by atoms with Gasteiger partial charge in [0.05, 0.1) is 11.2 Å². The Bertz CT molecular complexity index is 481. The molecule has 1 fully saturated rings. The summed E-state index contributed by atoms with van der Waals surface area (Å²) in [6.45, 7) is 4.33. The third-order valence-electron chi connectivity index (χ3n) is 3.53. The molecule has 0 bridgehead atoms. The summed E-state index contributed by atoms with van der Waals surface area (Å²) in [5, 5.41) is 17.2. The Morgan fingerprint density at radius 1 is 1.26 bits per heavy atom. The molecule has 1 aromatic carbocycles. The van der Waals surface area contributed by atoms with E-state index in [0.717, 1.165) is 12.8 Å². The van der Waals surface area contributed by atoms with Crippen LogP contribution in [0.2, 0.25) is 10.0 Å². The first kappa shape index (κ1) is 14.5. The molecule has 1 aliphatic heterocycles. The molecule has 1 aliphatic rings. The molecule has 3 nitrogen and oxygen atoms in total. The highest BCUT2D eigenvalue weighted by Gasteiger charge is 2.22. The summed E-state index contributed by atoms with van der Waals surface area (Å²) in [7, 11) is 0. The maximum atomic E-state index is 9.88. The molecular weight excluding hydrogens is 283 g/mol. The van der Waals surface area contributed by atoms with E-state index in [9.17, 15) is 5.11 Å². The predicted molar refractivity (Wildman–Crippen MR) is 80.3 cm³/mol. The van der Waals surface area contributed by atoms with Crippen LogP contribution < -0.4 is 0 Å². The molecule has 1 aromatic rings. The second-order valence-corrected chi connectivity index (χ2v) is 5.92. The van der Waals surface area contributed by atoms with Crippen LogP contribution in [0, 0.1) is 0 Å². The molecule has 1 saturated heterocycles. The van der Waals surface area contributed by atoms with E-state index in [-0.39, 0.29) is 10.8 Å². The van der Waals surface area contributed by atoms with Crippen LogP contribution in [-0.2, 0) is 0 Å². The number of rotatable bonds is 2. The summed E-state index contributed by atoms with van der Waals surface area (Å²) < 4.78 is 0. The molecule has 0 aromatic heterocycles. The third-order valence-corrected chi connectivity index (χ3v) is 4.04. The van der Waals surface area contributed by atoms with Crippen molar-refractivity contribution >= 4 is 29.4 Å². The van der Waals surface area contributed by atoms with Gasteiger partial charge in [0.25, 0.3) is 0 Å². The van der Waals surface area contributed by atoms with Gasteiger partial charge in [-0.1, -0.05) is 23.2 Å². The van der Waals surface area contributed by atoms with Crippen LogP contribution in [0.5, 0.6) is 5.75 Å². The van der Waals surface area contributed by atoms with Gasteiger partial charge in [0, 0.05) is 22.7 Å². The average molecular weight is 301 g/mol. The van der Waals surface area contributed by atoms with E-state index in [0.29, 0.717) is 22.7 Å². The highest BCUT2D eigenvalue weighted by Crippen LogP contribution is 2.30. The summed E-state index contributed by atoms with van der Waals surface area (Å²) in [4.78, 5) is 0. The van der Waals surface area contributed by atoms with Gasteiger partial charge in [0.2, 0.25) is 0 Å². The third kappa shape index (κ3) is 3.34. The van der Waals surface area contributed by atoms with Gasteiger partial charge in [-0.05, 0) is 45.2 Å². The van der Waals surface area contributed by atoms with Crippen LogP contribution in [-0.4, -0.2) is 28.4 Å². The van der Waals surface area contributed by atoms with Crippen LogP contribution in [0.3, 0.4) is 0 Å². The Morgan fingerprint density at radius 2 is 1.89 bits per heavy atom. The van der Waals surface area contributed by atoms with Crippen LogP contribution in [0.4, 0.5) is 0 Å². The normalized spacial score (nSPS) is 24.1. The molecule has 0 radical (unpaired) electrons. The van der Waals surface area contributed by atoms with Gasteiger partial charge in [-0.15, -0.1) is 0 Å². The molecule has 0 saturated carbocycles. The minimum atomic E-state index is 0.0205. The monoisotopic (exact) mass is 300 g/mol. The Morgan fingerprint density at radius 3 is 2.53 bits per heavy atom. The van der Waals surface area contributed by atoms with Gasteiger partial charge in [-0.2, -0.15) is 5.10 Å². The van der Waals surface area contributed by atoms with Gasteiger partial charge in [0.1, 0.15) is 5.75 Å². The second-order valence-electron chi connectivity index (χ2n) is 5.08. The maximum absolute atomic E-state index is 9.88. The molecule has 5 heteroatoms. The molecule has 0 unspecified atom stereocenters. The SMILES string of the molecule is C[C@H]1CCC[C@H](C)N1/N=C/c1cc(Cl)cc(Cl)c1O. The molecule has 0 aliphatic carbocycles. The van der Waals surface area contributed by atoms with Gasteiger partial charge >= 0.3 is 0 Å². The Balaban J connectivity index is 2.22. The van der Waals surface area contributed by atoms with Gasteiger partial charge in [-0.3, -0.25) is 5.01 Å². The van der Waals surface area contributed by atoms with E-state index in [1.54, 1.807) is 12.3 Å². The lowest BCUT2D eigenvalue weighted by Crippen LogP contribution is -2.39. The number of hydrogen-bond acceptors (Lipinski definition) is 3. The van der Waals surface area contributed by atoms with Crippen LogP contribution in [0.1, 0.15) is 38.7 Å². The Kier molecular flexibility index (Phi) is 4.58. The van der Waals surface area contributed by atoms with E-state index in [2.05, 4.69) is 24.0 Å². The Labute approximate surface area is 123 Å². The molecule has 1 heterocycles. The van der Waals surface area contributed by atoms with E-state index in [4.69, 9.17) is 23.2 Å². The first-order chi connectivity index (χ1) is 8.99.